The molecule has 0 aliphatic heterocycles. The van der Waals surface area contributed by atoms with Crippen LogP contribution in [0.25, 0.3) is 0 Å². The van der Waals surface area contributed by atoms with Crippen LogP contribution in [0.5, 0.6) is 0 Å². The maximum atomic E-state index is 12.0. The Kier molecular flexibility index (Phi) is 4.86. The summed E-state index contributed by atoms with van der Waals surface area (Å²) >= 11 is 8.54. The summed E-state index contributed by atoms with van der Waals surface area (Å²) in [4.78, 5) is 10.4. The molecule has 0 atom stereocenters. The van der Waals surface area contributed by atoms with Gasteiger partial charge in [0.05, 0.1) is 10.1 Å². The summed E-state index contributed by atoms with van der Waals surface area (Å²) in [6.45, 7) is 0. The number of rotatable bonds is 6. The number of nitrogens with zero attached hydrogens (tertiary/aromatic N) is 2. The van der Waals surface area contributed by atoms with E-state index in [1.54, 1.807) is 0 Å². The lowest BCUT2D eigenvalue weighted by Gasteiger charge is -2.00. The van der Waals surface area contributed by atoms with Crippen molar-refractivity contribution in [3.63, 3.8) is 0 Å². The van der Waals surface area contributed by atoms with Gasteiger partial charge in [-0.2, -0.15) is 0 Å². The van der Waals surface area contributed by atoms with E-state index in [0.29, 0.717) is 8.68 Å². The molecule has 2 N–H and O–H groups in total. The van der Waals surface area contributed by atoms with Gasteiger partial charge >= 0.3 is 5.97 Å². The summed E-state index contributed by atoms with van der Waals surface area (Å²) in [6, 6.07) is 2.87. The van der Waals surface area contributed by atoms with Crippen LogP contribution in [0.1, 0.15) is 0 Å². The summed E-state index contributed by atoms with van der Waals surface area (Å²) in [5.41, 5.74) is 0. The molecule has 0 saturated heterocycles. The fourth-order valence-electron chi connectivity index (χ4n) is 1.04. The molecule has 2 heterocycles. The lowest BCUT2D eigenvalue weighted by molar-refractivity contribution is -0.133. The fraction of sp³-hybridized carbons (Fsp3) is 0.125. The van der Waals surface area contributed by atoms with Crippen molar-refractivity contribution in [2.45, 2.75) is 8.55 Å². The second-order valence-corrected chi connectivity index (χ2v) is 9.04. The van der Waals surface area contributed by atoms with E-state index in [-0.39, 0.29) is 15.1 Å². The molecular weight excluding hydrogens is 366 g/mol. The molecule has 0 aliphatic carbocycles. The van der Waals surface area contributed by atoms with Crippen LogP contribution < -0.4 is 4.72 Å². The molecule has 0 unspecified atom stereocenters. The number of halogens is 1. The first-order chi connectivity index (χ1) is 9.37. The number of aromatic nitrogens is 2. The van der Waals surface area contributed by atoms with Gasteiger partial charge < -0.3 is 5.11 Å². The zero-order chi connectivity index (χ0) is 14.8. The Balaban J connectivity index is 2.08. The highest BCUT2D eigenvalue weighted by Gasteiger charge is 2.19. The molecule has 2 aromatic heterocycles. The van der Waals surface area contributed by atoms with Crippen LogP contribution in [0.4, 0.5) is 5.13 Å². The average molecular weight is 372 g/mol. The average Bonchev–Trinajstić information content (AvgIpc) is 2.95. The molecule has 2 aromatic rings. The van der Waals surface area contributed by atoms with Gasteiger partial charge in [0.1, 0.15) is 4.21 Å². The Morgan fingerprint density at radius 3 is 2.75 bits per heavy atom. The monoisotopic (exact) mass is 371 g/mol. The third kappa shape index (κ3) is 4.06. The molecule has 0 amide bonds. The van der Waals surface area contributed by atoms with Crippen LogP contribution in [0.3, 0.4) is 0 Å². The van der Waals surface area contributed by atoms with Crippen molar-refractivity contribution in [1.82, 2.24) is 10.2 Å². The molecule has 0 radical (unpaired) electrons. The minimum Gasteiger partial charge on any atom is -0.481 e. The molecule has 108 valence electrons. The van der Waals surface area contributed by atoms with E-state index in [1.807, 2.05) is 0 Å². The van der Waals surface area contributed by atoms with Crippen LogP contribution in [-0.2, 0) is 14.8 Å². The van der Waals surface area contributed by atoms with Crippen molar-refractivity contribution < 1.29 is 18.3 Å². The zero-order valence-electron chi connectivity index (χ0n) is 9.44. The SMILES string of the molecule is O=C(O)CSc1nnc(NS(=O)(=O)c2ccc(Cl)s2)s1. The van der Waals surface area contributed by atoms with Crippen molar-refractivity contribution in [2.75, 3.05) is 10.5 Å². The normalized spacial score (nSPS) is 11.4. The molecule has 7 nitrogen and oxygen atoms in total. The first-order valence-electron chi connectivity index (χ1n) is 4.83. The van der Waals surface area contributed by atoms with E-state index < -0.39 is 16.0 Å². The van der Waals surface area contributed by atoms with Gasteiger partial charge in [-0.1, -0.05) is 34.7 Å². The molecule has 0 aliphatic rings. The van der Waals surface area contributed by atoms with Gasteiger partial charge in [-0.05, 0) is 12.1 Å². The lowest BCUT2D eigenvalue weighted by atomic mass is 10.7. The van der Waals surface area contributed by atoms with Crippen LogP contribution in [-0.4, -0.2) is 35.4 Å². The molecular formula is C8H6ClN3O4S4. The highest BCUT2D eigenvalue weighted by Crippen LogP contribution is 2.30. The number of anilines is 1. The van der Waals surface area contributed by atoms with Gasteiger partial charge in [-0.3, -0.25) is 9.52 Å². The van der Waals surface area contributed by atoms with Crippen molar-refractivity contribution in [3.05, 3.63) is 16.5 Å². The first kappa shape index (κ1) is 15.5. The largest absolute Gasteiger partial charge is 0.481 e. The standard InChI is InChI=1S/C8H6ClN3O4S4/c9-4-1-2-6(18-4)20(15,16)12-7-10-11-8(19-7)17-3-5(13)14/h1-2H,3H2,(H,10,12)(H,13,14). The summed E-state index contributed by atoms with van der Waals surface area (Å²) < 4.78 is 27.0. The van der Waals surface area contributed by atoms with Crippen molar-refractivity contribution >= 4 is 67.2 Å². The summed E-state index contributed by atoms with van der Waals surface area (Å²) in [6.07, 6.45) is 0. The first-order valence-corrected chi connectivity index (χ1v) is 9.31. The van der Waals surface area contributed by atoms with E-state index in [2.05, 4.69) is 14.9 Å². The van der Waals surface area contributed by atoms with Crippen molar-refractivity contribution in [2.24, 2.45) is 0 Å². The molecule has 2 rings (SSSR count). The topological polar surface area (TPSA) is 109 Å². The Bertz CT molecular complexity index is 726. The zero-order valence-corrected chi connectivity index (χ0v) is 13.5. The van der Waals surface area contributed by atoms with E-state index >= 15 is 0 Å². The Labute approximate surface area is 131 Å². The Hall–Kier alpha value is -0.880. The second-order valence-electron chi connectivity index (χ2n) is 3.22. The number of hydrogen-bond acceptors (Lipinski definition) is 8. The maximum absolute atomic E-state index is 12.0. The third-order valence-corrected chi connectivity index (χ3v) is 6.91. The number of carbonyl (C=O) groups is 1. The number of carboxylic acids is 1. The molecule has 0 bridgehead atoms. The lowest BCUT2D eigenvalue weighted by Crippen LogP contribution is -2.11. The molecule has 0 aromatic carbocycles. The predicted molar refractivity (Wildman–Crippen MR) is 78.4 cm³/mol. The van der Waals surface area contributed by atoms with E-state index in [4.69, 9.17) is 16.7 Å². The van der Waals surface area contributed by atoms with Crippen molar-refractivity contribution in [1.29, 1.82) is 0 Å². The molecule has 20 heavy (non-hydrogen) atoms. The number of sulfonamides is 1. The number of aliphatic carboxylic acids is 1. The van der Waals surface area contributed by atoms with E-state index in [9.17, 15) is 13.2 Å². The van der Waals surface area contributed by atoms with Gasteiger partial charge in [0.15, 0.2) is 4.34 Å². The smallest absolute Gasteiger partial charge is 0.313 e. The van der Waals surface area contributed by atoms with E-state index in [0.717, 1.165) is 34.4 Å². The number of thiophene rings is 1. The second kappa shape index (κ2) is 6.26. The number of carboxylic acid groups (broad SMARTS) is 1. The highest BCUT2D eigenvalue weighted by molar-refractivity contribution is 8.01. The van der Waals surface area contributed by atoms with Gasteiger partial charge in [0.25, 0.3) is 10.0 Å². The minimum absolute atomic E-state index is 0.0671. The number of nitrogens with one attached hydrogen (secondary N) is 1. The fourth-order valence-corrected chi connectivity index (χ4v) is 5.23. The summed E-state index contributed by atoms with van der Waals surface area (Å²) in [5, 5.41) is 15.9. The number of hydrogen-bond donors (Lipinski definition) is 2. The third-order valence-electron chi connectivity index (χ3n) is 1.76. The van der Waals surface area contributed by atoms with E-state index in [1.165, 1.54) is 12.1 Å². The van der Waals surface area contributed by atoms with Gasteiger partial charge in [-0.25, -0.2) is 8.42 Å². The summed E-state index contributed by atoms with van der Waals surface area (Å²) in [5.74, 6) is -1.15. The molecule has 12 heteroatoms. The predicted octanol–water partition coefficient (Wildman–Crippen LogP) is 2.23. The molecule has 0 saturated carbocycles. The molecule has 0 spiro atoms. The quantitative estimate of drug-likeness (QED) is 0.749. The number of thioether (sulfide) groups is 1. The highest BCUT2D eigenvalue weighted by atomic mass is 35.5. The van der Waals surface area contributed by atoms with Crippen LogP contribution in [0.15, 0.2) is 20.7 Å². The van der Waals surface area contributed by atoms with Crippen LogP contribution in [0.2, 0.25) is 4.34 Å². The van der Waals surface area contributed by atoms with Gasteiger partial charge in [-0.15, -0.1) is 21.5 Å². The molecule has 0 fully saturated rings. The van der Waals surface area contributed by atoms with Gasteiger partial charge in [0.2, 0.25) is 5.13 Å². The Morgan fingerprint density at radius 1 is 1.40 bits per heavy atom. The van der Waals surface area contributed by atoms with Crippen LogP contribution >= 0.6 is 46.0 Å². The Morgan fingerprint density at radius 2 is 2.15 bits per heavy atom. The van der Waals surface area contributed by atoms with Crippen molar-refractivity contribution in [3.8, 4) is 0 Å². The maximum Gasteiger partial charge on any atom is 0.313 e. The minimum atomic E-state index is -3.74. The summed E-state index contributed by atoms with van der Waals surface area (Å²) in [7, 11) is -3.74. The van der Waals surface area contributed by atoms with Crippen LogP contribution in [0, 0.1) is 0 Å². The van der Waals surface area contributed by atoms with Gasteiger partial charge in [0, 0.05) is 0 Å².